The fourth-order valence-electron chi connectivity index (χ4n) is 1.95. The van der Waals surface area contributed by atoms with Crippen molar-refractivity contribution in [1.29, 1.82) is 0 Å². The molecule has 1 aromatic carbocycles. The summed E-state index contributed by atoms with van der Waals surface area (Å²) in [6.45, 7) is 2.66. The number of rotatable bonds is 4. The molecule has 100 valence electrons. The lowest BCUT2D eigenvalue weighted by atomic mass is 10.1. The van der Waals surface area contributed by atoms with Crippen LogP contribution < -0.4 is 15.2 Å². The molecule has 0 bridgehead atoms. The first-order valence-corrected chi connectivity index (χ1v) is 5.85. The molecular formula is C13H19NO4. The van der Waals surface area contributed by atoms with E-state index in [4.69, 9.17) is 24.7 Å². The highest BCUT2D eigenvalue weighted by Crippen LogP contribution is 2.36. The van der Waals surface area contributed by atoms with Gasteiger partial charge in [-0.3, -0.25) is 0 Å². The first-order valence-electron chi connectivity index (χ1n) is 5.85. The second-order valence-corrected chi connectivity index (χ2v) is 4.37. The molecule has 1 heterocycles. The van der Waals surface area contributed by atoms with Gasteiger partial charge in [0.25, 0.3) is 0 Å². The van der Waals surface area contributed by atoms with Gasteiger partial charge >= 0.3 is 0 Å². The fourth-order valence-corrected chi connectivity index (χ4v) is 1.95. The van der Waals surface area contributed by atoms with Crippen LogP contribution in [0.4, 0.5) is 0 Å². The molecule has 5 nitrogen and oxygen atoms in total. The van der Waals surface area contributed by atoms with Gasteiger partial charge < -0.3 is 24.7 Å². The number of benzene rings is 1. The van der Waals surface area contributed by atoms with Crippen LogP contribution in [0, 0.1) is 0 Å². The average molecular weight is 253 g/mol. The molecule has 2 atom stereocenters. The normalized spacial score (nSPS) is 27.2. The van der Waals surface area contributed by atoms with Gasteiger partial charge in [-0.05, 0) is 24.6 Å². The van der Waals surface area contributed by atoms with Gasteiger partial charge in [-0.25, -0.2) is 0 Å². The Kier molecular flexibility index (Phi) is 3.75. The predicted octanol–water partition coefficient (Wildman–Crippen LogP) is 1.47. The Labute approximate surface area is 107 Å². The number of hydrogen-bond donors (Lipinski definition) is 1. The quantitative estimate of drug-likeness (QED) is 0.880. The molecule has 2 rings (SSSR count). The summed E-state index contributed by atoms with van der Waals surface area (Å²) in [5.74, 6) is 0.680. The van der Waals surface area contributed by atoms with E-state index >= 15 is 0 Å². The predicted molar refractivity (Wildman–Crippen MR) is 66.8 cm³/mol. The lowest BCUT2D eigenvalue weighted by molar-refractivity contribution is -0.145. The van der Waals surface area contributed by atoms with Gasteiger partial charge in [0.1, 0.15) is 6.10 Å². The van der Waals surface area contributed by atoms with Crippen molar-refractivity contribution in [1.82, 2.24) is 0 Å². The molecule has 0 spiro atoms. The lowest BCUT2D eigenvalue weighted by Gasteiger charge is -2.21. The van der Waals surface area contributed by atoms with Crippen molar-refractivity contribution >= 4 is 0 Å². The minimum atomic E-state index is -0.697. The smallest absolute Gasteiger partial charge is 0.178 e. The monoisotopic (exact) mass is 253 g/mol. The van der Waals surface area contributed by atoms with Crippen LogP contribution in [0.15, 0.2) is 18.2 Å². The SMILES string of the molecule is COc1ccc(C2COC(C)(CN)O2)cc1OC. The third-order valence-electron chi connectivity index (χ3n) is 3.08. The third kappa shape index (κ3) is 2.43. The average Bonchev–Trinajstić information content (AvgIpc) is 2.81. The standard InChI is InChI=1S/C13H19NO4/c1-13(8-14)17-7-12(18-13)9-4-5-10(15-2)11(6-9)16-3/h4-6,12H,7-8,14H2,1-3H3. The van der Waals surface area contributed by atoms with E-state index in [-0.39, 0.29) is 6.10 Å². The van der Waals surface area contributed by atoms with Crippen LogP contribution in [0.1, 0.15) is 18.6 Å². The van der Waals surface area contributed by atoms with Crippen molar-refractivity contribution < 1.29 is 18.9 Å². The summed E-state index contributed by atoms with van der Waals surface area (Å²) in [6, 6.07) is 5.70. The van der Waals surface area contributed by atoms with Gasteiger partial charge in [0.2, 0.25) is 0 Å². The molecule has 0 amide bonds. The van der Waals surface area contributed by atoms with Crippen molar-refractivity contribution in [3.8, 4) is 11.5 Å². The van der Waals surface area contributed by atoms with Crippen LogP contribution in [0.25, 0.3) is 0 Å². The molecule has 1 aromatic rings. The Hall–Kier alpha value is -1.30. The highest BCUT2D eigenvalue weighted by atomic mass is 16.7. The van der Waals surface area contributed by atoms with E-state index in [0.29, 0.717) is 24.7 Å². The summed E-state index contributed by atoms with van der Waals surface area (Å²) in [7, 11) is 3.22. The molecule has 0 saturated carbocycles. The van der Waals surface area contributed by atoms with E-state index in [2.05, 4.69) is 0 Å². The van der Waals surface area contributed by atoms with Crippen LogP contribution in [-0.2, 0) is 9.47 Å². The maximum absolute atomic E-state index is 5.81. The highest BCUT2D eigenvalue weighted by Gasteiger charge is 2.36. The molecule has 1 aliphatic heterocycles. The Morgan fingerprint density at radius 3 is 2.61 bits per heavy atom. The maximum atomic E-state index is 5.81. The summed E-state index contributed by atoms with van der Waals surface area (Å²) in [5, 5.41) is 0. The molecule has 0 aromatic heterocycles. The number of ether oxygens (including phenoxy) is 4. The van der Waals surface area contributed by atoms with E-state index in [1.165, 1.54) is 0 Å². The third-order valence-corrected chi connectivity index (χ3v) is 3.08. The van der Waals surface area contributed by atoms with Gasteiger partial charge in [-0.1, -0.05) is 6.07 Å². The second-order valence-electron chi connectivity index (χ2n) is 4.37. The van der Waals surface area contributed by atoms with E-state index in [0.717, 1.165) is 5.56 Å². The molecule has 1 aliphatic rings. The molecule has 0 radical (unpaired) electrons. The van der Waals surface area contributed by atoms with Gasteiger partial charge in [-0.15, -0.1) is 0 Å². The summed E-state index contributed by atoms with van der Waals surface area (Å²) in [5.41, 5.74) is 6.61. The zero-order chi connectivity index (χ0) is 13.2. The first-order chi connectivity index (χ1) is 8.61. The van der Waals surface area contributed by atoms with Crippen LogP contribution in [0.2, 0.25) is 0 Å². The van der Waals surface area contributed by atoms with Gasteiger partial charge in [0, 0.05) is 6.54 Å². The maximum Gasteiger partial charge on any atom is 0.178 e. The van der Waals surface area contributed by atoms with Crippen molar-refractivity contribution in [3.63, 3.8) is 0 Å². The second kappa shape index (κ2) is 5.14. The Balaban J connectivity index is 2.20. The molecule has 1 fully saturated rings. The Morgan fingerprint density at radius 2 is 2.06 bits per heavy atom. The van der Waals surface area contributed by atoms with E-state index < -0.39 is 5.79 Å². The van der Waals surface area contributed by atoms with Gasteiger partial charge in [0.15, 0.2) is 17.3 Å². The van der Waals surface area contributed by atoms with Crippen molar-refractivity contribution in [2.75, 3.05) is 27.4 Å². The fraction of sp³-hybridized carbons (Fsp3) is 0.538. The molecule has 2 N–H and O–H groups in total. The van der Waals surface area contributed by atoms with Crippen molar-refractivity contribution in [2.45, 2.75) is 18.8 Å². The summed E-state index contributed by atoms with van der Waals surface area (Å²) < 4.78 is 21.8. The number of nitrogens with two attached hydrogens (primary N) is 1. The minimum absolute atomic E-state index is 0.127. The molecule has 2 unspecified atom stereocenters. The van der Waals surface area contributed by atoms with Crippen LogP contribution in [0.5, 0.6) is 11.5 Å². The Morgan fingerprint density at radius 1 is 1.33 bits per heavy atom. The summed E-state index contributed by atoms with van der Waals surface area (Å²) in [6.07, 6.45) is -0.127. The zero-order valence-corrected chi connectivity index (χ0v) is 10.9. The minimum Gasteiger partial charge on any atom is -0.493 e. The Bertz CT molecular complexity index is 423. The topological polar surface area (TPSA) is 62.9 Å². The highest BCUT2D eigenvalue weighted by molar-refractivity contribution is 5.43. The molecule has 18 heavy (non-hydrogen) atoms. The van der Waals surface area contributed by atoms with Gasteiger partial charge in [-0.2, -0.15) is 0 Å². The van der Waals surface area contributed by atoms with E-state index in [1.54, 1.807) is 14.2 Å². The summed E-state index contributed by atoms with van der Waals surface area (Å²) >= 11 is 0. The molecular weight excluding hydrogens is 234 g/mol. The lowest BCUT2D eigenvalue weighted by Crippen LogP contribution is -2.35. The van der Waals surface area contributed by atoms with E-state index in [1.807, 2.05) is 25.1 Å². The largest absolute Gasteiger partial charge is 0.493 e. The molecule has 5 heteroatoms. The first kappa shape index (κ1) is 13.1. The van der Waals surface area contributed by atoms with Crippen LogP contribution in [0.3, 0.4) is 0 Å². The zero-order valence-electron chi connectivity index (χ0n) is 10.9. The molecule has 0 aliphatic carbocycles. The number of hydrogen-bond acceptors (Lipinski definition) is 5. The van der Waals surface area contributed by atoms with E-state index in [9.17, 15) is 0 Å². The summed E-state index contributed by atoms with van der Waals surface area (Å²) in [4.78, 5) is 0. The van der Waals surface area contributed by atoms with Crippen LogP contribution in [-0.4, -0.2) is 33.2 Å². The number of methoxy groups -OCH3 is 2. The van der Waals surface area contributed by atoms with Crippen molar-refractivity contribution in [2.24, 2.45) is 5.73 Å². The van der Waals surface area contributed by atoms with Gasteiger partial charge in [0.05, 0.1) is 20.8 Å². The van der Waals surface area contributed by atoms with Crippen molar-refractivity contribution in [3.05, 3.63) is 23.8 Å². The molecule has 1 saturated heterocycles. The van der Waals surface area contributed by atoms with Crippen LogP contribution >= 0.6 is 0 Å².